The predicted octanol–water partition coefficient (Wildman–Crippen LogP) is 2.48. The van der Waals surface area contributed by atoms with Crippen LogP contribution in [-0.2, 0) is 4.74 Å². The zero-order valence-corrected chi connectivity index (χ0v) is 10.7. The van der Waals surface area contributed by atoms with Gasteiger partial charge in [0.05, 0.1) is 12.1 Å². The van der Waals surface area contributed by atoms with Crippen LogP contribution in [0.4, 0.5) is 10.1 Å². The molecule has 1 saturated heterocycles. The van der Waals surface area contributed by atoms with Crippen LogP contribution in [0.3, 0.4) is 0 Å². The lowest BCUT2D eigenvalue weighted by Gasteiger charge is -2.32. The average molecular weight is 253 g/mol. The first kappa shape index (κ1) is 13.3. The summed E-state index contributed by atoms with van der Waals surface area (Å²) in [7, 11) is 0. The van der Waals surface area contributed by atoms with E-state index in [0.717, 1.165) is 37.1 Å². The maximum Gasteiger partial charge on any atom is 0.125 e. The number of aliphatic hydroxyl groups is 1. The van der Waals surface area contributed by atoms with Crippen LogP contribution in [0.1, 0.15) is 24.8 Å². The van der Waals surface area contributed by atoms with Crippen molar-refractivity contribution in [2.75, 3.05) is 25.1 Å². The molecule has 100 valence electrons. The van der Waals surface area contributed by atoms with E-state index in [4.69, 9.17) is 4.74 Å². The summed E-state index contributed by atoms with van der Waals surface area (Å²) in [6, 6.07) is 4.86. The van der Waals surface area contributed by atoms with E-state index in [1.54, 1.807) is 0 Å². The lowest BCUT2D eigenvalue weighted by atomic mass is 9.91. The minimum absolute atomic E-state index is 0.0337. The second kappa shape index (κ2) is 5.67. The largest absolute Gasteiger partial charge is 0.394 e. The third-order valence-corrected chi connectivity index (χ3v) is 3.42. The number of aryl methyl sites for hydroxylation is 1. The van der Waals surface area contributed by atoms with E-state index in [0.29, 0.717) is 6.61 Å². The Morgan fingerprint density at radius 1 is 1.33 bits per heavy atom. The maximum atomic E-state index is 13.4. The molecule has 1 atom stereocenters. The van der Waals surface area contributed by atoms with Gasteiger partial charge < -0.3 is 15.2 Å². The minimum Gasteiger partial charge on any atom is -0.394 e. The average Bonchev–Trinajstić information content (AvgIpc) is 2.54. The van der Waals surface area contributed by atoms with Crippen molar-refractivity contribution in [3.05, 3.63) is 29.6 Å². The fourth-order valence-electron chi connectivity index (χ4n) is 2.44. The molecule has 0 aliphatic carbocycles. The Hall–Kier alpha value is -1.13. The third-order valence-electron chi connectivity index (χ3n) is 3.42. The maximum absolute atomic E-state index is 13.4. The zero-order chi connectivity index (χ0) is 13.0. The molecule has 0 bridgehead atoms. The molecule has 0 radical (unpaired) electrons. The zero-order valence-electron chi connectivity index (χ0n) is 10.7. The van der Waals surface area contributed by atoms with Gasteiger partial charge in [0.2, 0.25) is 0 Å². The van der Waals surface area contributed by atoms with Crippen LogP contribution < -0.4 is 5.32 Å². The fraction of sp³-hybridized carbons (Fsp3) is 0.571. The van der Waals surface area contributed by atoms with Gasteiger partial charge in [0.25, 0.3) is 0 Å². The molecule has 1 heterocycles. The molecule has 1 aliphatic heterocycles. The number of aliphatic hydroxyl groups excluding tert-OH is 1. The molecule has 0 spiro atoms. The first-order chi connectivity index (χ1) is 8.63. The van der Waals surface area contributed by atoms with E-state index in [9.17, 15) is 9.50 Å². The van der Waals surface area contributed by atoms with Crippen LogP contribution in [0, 0.1) is 12.7 Å². The molecule has 0 saturated carbocycles. The molecule has 2 rings (SSSR count). The monoisotopic (exact) mass is 253 g/mol. The highest BCUT2D eigenvalue weighted by Crippen LogP contribution is 2.27. The quantitative estimate of drug-likeness (QED) is 0.869. The van der Waals surface area contributed by atoms with Crippen LogP contribution in [0.15, 0.2) is 18.2 Å². The molecule has 1 aliphatic rings. The van der Waals surface area contributed by atoms with E-state index >= 15 is 0 Å². The summed E-state index contributed by atoms with van der Waals surface area (Å²) >= 11 is 0. The van der Waals surface area contributed by atoms with Gasteiger partial charge in [-0.3, -0.25) is 0 Å². The molecule has 4 heteroatoms. The summed E-state index contributed by atoms with van der Waals surface area (Å²) in [5.41, 5.74) is 1.20. The van der Waals surface area contributed by atoms with Crippen molar-refractivity contribution in [1.82, 2.24) is 0 Å². The lowest BCUT2D eigenvalue weighted by molar-refractivity contribution is 0.132. The number of halogens is 1. The van der Waals surface area contributed by atoms with Crippen molar-refractivity contribution in [3.63, 3.8) is 0 Å². The molecule has 2 N–H and O–H groups in total. The molecule has 1 unspecified atom stereocenters. The first-order valence-electron chi connectivity index (χ1n) is 6.38. The molecular weight excluding hydrogens is 233 g/mol. The van der Waals surface area contributed by atoms with Crippen LogP contribution in [0.2, 0.25) is 0 Å². The Kier molecular flexibility index (Phi) is 4.19. The molecule has 1 aromatic rings. The van der Waals surface area contributed by atoms with Crippen LogP contribution in [-0.4, -0.2) is 30.5 Å². The molecule has 18 heavy (non-hydrogen) atoms. The Labute approximate surface area is 107 Å². The van der Waals surface area contributed by atoms with Crippen molar-refractivity contribution in [2.24, 2.45) is 0 Å². The van der Waals surface area contributed by atoms with Gasteiger partial charge in [-0.15, -0.1) is 0 Å². The van der Waals surface area contributed by atoms with E-state index < -0.39 is 5.54 Å². The SMILES string of the molecule is Cc1cc(F)cc(NC2(CO)CCCOCC2)c1. The van der Waals surface area contributed by atoms with Gasteiger partial charge in [0.15, 0.2) is 0 Å². The summed E-state index contributed by atoms with van der Waals surface area (Å²) in [5, 5.41) is 13.0. The van der Waals surface area contributed by atoms with Crippen molar-refractivity contribution >= 4 is 5.69 Å². The Balaban J connectivity index is 2.17. The van der Waals surface area contributed by atoms with Gasteiger partial charge in [-0.05, 0) is 49.9 Å². The lowest BCUT2D eigenvalue weighted by Crippen LogP contribution is -2.42. The summed E-state index contributed by atoms with van der Waals surface area (Å²) < 4.78 is 18.8. The van der Waals surface area contributed by atoms with Crippen LogP contribution in [0.25, 0.3) is 0 Å². The fourth-order valence-corrected chi connectivity index (χ4v) is 2.44. The van der Waals surface area contributed by atoms with E-state index in [2.05, 4.69) is 5.32 Å². The van der Waals surface area contributed by atoms with Gasteiger partial charge in [-0.25, -0.2) is 4.39 Å². The second-order valence-electron chi connectivity index (χ2n) is 5.05. The van der Waals surface area contributed by atoms with Gasteiger partial charge in [-0.2, -0.15) is 0 Å². The number of benzene rings is 1. The van der Waals surface area contributed by atoms with Gasteiger partial charge in [0, 0.05) is 18.9 Å². The molecular formula is C14H20FNO2. The minimum atomic E-state index is -0.392. The number of hydrogen-bond acceptors (Lipinski definition) is 3. The molecule has 1 fully saturated rings. The van der Waals surface area contributed by atoms with E-state index in [1.165, 1.54) is 12.1 Å². The van der Waals surface area contributed by atoms with Crippen molar-refractivity contribution < 1.29 is 14.2 Å². The van der Waals surface area contributed by atoms with Crippen molar-refractivity contribution in [2.45, 2.75) is 31.7 Å². The molecule has 3 nitrogen and oxygen atoms in total. The van der Waals surface area contributed by atoms with Crippen molar-refractivity contribution in [1.29, 1.82) is 0 Å². The van der Waals surface area contributed by atoms with Crippen molar-refractivity contribution in [3.8, 4) is 0 Å². The Morgan fingerprint density at radius 3 is 2.89 bits per heavy atom. The second-order valence-corrected chi connectivity index (χ2v) is 5.05. The number of rotatable bonds is 3. The Morgan fingerprint density at radius 2 is 2.17 bits per heavy atom. The summed E-state index contributed by atoms with van der Waals surface area (Å²) in [6.07, 6.45) is 2.47. The summed E-state index contributed by atoms with van der Waals surface area (Å²) in [4.78, 5) is 0. The van der Waals surface area contributed by atoms with Gasteiger partial charge >= 0.3 is 0 Å². The highest BCUT2D eigenvalue weighted by atomic mass is 19.1. The third kappa shape index (κ3) is 3.21. The Bertz CT molecular complexity index is 381. The van der Waals surface area contributed by atoms with Gasteiger partial charge in [0.1, 0.15) is 5.82 Å². The normalized spacial score (nSPS) is 24.6. The molecule has 1 aromatic carbocycles. The summed E-state index contributed by atoms with van der Waals surface area (Å²) in [5.74, 6) is -0.254. The summed E-state index contributed by atoms with van der Waals surface area (Å²) in [6.45, 7) is 3.25. The number of anilines is 1. The van der Waals surface area contributed by atoms with E-state index in [-0.39, 0.29) is 12.4 Å². The standard InChI is InChI=1S/C14H20FNO2/c1-11-7-12(15)9-13(8-11)16-14(10-17)3-2-5-18-6-4-14/h7-9,16-17H,2-6,10H2,1H3. The number of ether oxygens (including phenoxy) is 1. The number of nitrogens with one attached hydrogen (secondary N) is 1. The predicted molar refractivity (Wildman–Crippen MR) is 69.2 cm³/mol. The van der Waals surface area contributed by atoms with Crippen LogP contribution >= 0.6 is 0 Å². The highest BCUT2D eigenvalue weighted by Gasteiger charge is 2.30. The smallest absolute Gasteiger partial charge is 0.125 e. The number of hydrogen-bond donors (Lipinski definition) is 2. The topological polar surface area (TPSA) is 41.5 Å². The van der Waals surface area contributed by atoms with E-state index in [1.807, 2.05) is 13.0 Å². The first-order valence-corrected chi connectivity index (χ1v) is 6.38. The van der Waals surface area contributed by atoms with Crippen LogP contribution in [0.5, 0.6) is 0 Å². The highest BCUT2D eigenvalue weighted by molar-refractivity contribution is 5.48. The molecule has 0 amide bonds. The molecule has 0 aromatic heterocycles. The van der Waals surface area contributed by atoms with Gasteiger partial charge in [-0.1, -0.05) is 0 Å².